The van der Waals surface area contributed by atoms with Gasteiger partial charge in [-0.05, 0) is 23.3 Å². The molecule has 3 rings (SSSR count). The van der Waals surface area contributed by atoms with Crippen molar-refractivity contribution in [1.82, 2.24) is 9.88 Å². The molecule has 1 fully saturated rings. The smallest absolute Gasteiger partial charge is 0.308 e. The van der Waals surface area contributed by atoms with Crippen LogP contribution in [0.5, 0.6) is 0 Å². The summed E-state index contributed by atoms with van der Waals surface area (Å²) in [4.78, 5) is 17.8. The van der Waals surface area contributed by atoms with Crippen molar-refractivity contribution < 1.29 is 9.90 Å². The van der Waals surface area contributed by atoms with E-state index in [4.69, 9.17) is 0 Å². The SMILES string of the molecule is O=C(O)C1CN(Cc2ccccc2)CC1c1ccncc1. The molecule has 4 heteroatoms. The zero-order valence-corrected chi connectivity index (χ0v) is 11.7. The number of likely N-dealkylation sites (tertiary alicyclic amines) is 1. The predicted molar refractivity (Wildman–Crippen MR) is 79.8 cm³/mol. The molecule has 1 saturated heterocycles. The third kappa shape index (κ3) is 3.11. The molecule has 21 heavy (non-hydrogen) atoms. The molecular formula is C17H18N2O2. The zero-order chi connectivity index (χ0) is 14.7. The third-order valence-corrected chi connectivity index (χ3v) is 4.10. The summed E-state index contributed by atoms with van der Waals surface area (Å²) in [5, 5.41) is 9.49. The Kier molecular flexibility index (Phi) is 3.97. The van der Waals surface area contributed by atoms with Crippen LogP contribution in [0.3, 0.4) is 0 Å². The van der Waals surface area contributed by atoms with Crippen LogP contribution in [0.1, 0.15) is 17.0 Å². The predicted octanol–water partition coefficient (Wildman–Crippen LogP) is 2.38. The molecule has 4 nitrogen and oxygen atoms in total. The van der Waals surface area contributed by atoms with Crippen molar-refractivity contribution in [2.45, 2.75) is 12.5 Å². The number of benzene rings is 1. The fraction of sp³-hybridized carbons (Fsp3) is 0.294. The molecule has 1 aliphatic heterocycles. The Morgan fingerprint density at radius 3 is 2.52 bits per heavy atom. The summed E-state index contributed by atoms with van der Waals surface area (Å²) in [7, 11) is 0. The van der Waals surface area contributed by atoms with Crippen molar-refractivity contribution in [3.63, 3.8) is 0 Å². The second-order valence-corrected chi connectivity index (χ2v) is 5.51. The molecule has 0 amide bonds. The molecular weight excluding hydrogens is 264 g/mol. The second-order valence-electron chi connectivity index (χ2n) is 5.51. The maximum Gasteiger partial charge on any atom is 0.308 e. The number of aromatic nitrogens is 1. The van der Waals surface area contributed by atoms with Gasteiger partial charge in [-0.3, -0.25) is 14.7 Å². The lowest BCUT2D eigenvalue weighted by molar-refractivity contribution is -0.141. The van der Waals surface area contributed by atoms with E-state index in [0.717, 1.165) is 18.7 Å². The molecule has 1 aromatic heterocycles. The van der Waals surface area contributed by atoms with Crippen LogP contribution in [-0.4, -0.2) is 34.0 Å². The Hall–Kier alpha value is -2.20. The molecule has 0 radical (unpaired) electrons. The van der Waals surface area contributed by atoms with Gasteiger partial charge in [-0.25, -0.2) is 0 Å². The van der Waals surface area contributed by atoms with Gasteiger partial charge in [0.1, 0.15) is 0 Å². The summed E-state index contributed by atoms with van der Waals surface area (Å²) in [6.45, 7) is 2.17. The maximum atomic E-state index is 11.5. The number of aliphatic carboxylic acids is 1. The summed E-state index contributed by atoms with van der Waals surface area (Å²) in [6, 6.07) is 14.0. The van der Waals surface area contributed by atoms with Crippen LogP contribution in [0.2, 0.25) is 0 Å². The maximum absolute atomic E-state index is 11.5. The number of pyridine rings is 1. The third-order valence-electron chi connectivity index (χ3n) is 4.10. The number of carboxylic acid groups (broad SMARTS) is 1. The molecule has 1 aromatic carbocycles. The van der Waals surface area contributed by atoms with Crippen LogP contribution in [0.25, 0.3) is 0 Å². The van der Waals surface area contributed by atoms with E-state index in [1.54, 1.807) is 12.4 Å². The van der Waals surface area contributed by atoms with Gasteiger partial charge in [0.15, 0.2) is 0 Å². The summed E-state index contributed by atoms with van der Waals surface area (Å²) in [5.41, 5.74) is 2.28. The fourth-order valence-corrected chi connectivity index (χ4v) is 3.05. The van der Waals surface area contributed by atoms with Gasteiger partial charge in [-0.2, -0.15) is 0 Å². The first kappa shape index (κ1) is 13.8. The first-order valence-electron chi connectivity index (χ1n) is 7.13. The van der Waals surface area contributed by atoms with E-state index in [2.05, 4.69) is 22.0 Å². The quantitative estimate of drug-likeness (QED) is 0.935. The van der Waals surface area contributed by atoms with Crippen molar-refractivity contribution in [3.05, 3.63) is 66.0 Å². The molecule has 0 aliphatic carbocycles. The first-order chi connectivity index (χ1) is 10.2. The van der Waals surface area contributed by atoms with E-state index >= 15 is 0 Å². The van der Waals surface area contributed by atoms with Crippen LogP contribution in [-0.2, 0) is 11.3 Å². The van der Waals surface area contributed by atoms with Crippen LogP contribution in [0.15, 0.2) is 54.9 Å². The van der Waals surface area contributed by atoms with Gasteiger partial charge in [-0.1, -0.05) is 30.3 Å². The number of hydrogen-bond acceptors (Lipinski definition) is 3. The lowest BCUT2D eigenvalue weighted by atomic mass is 9.90. The van der Waals surface area contributed by atoms with Crippen LogP contribution in [0.4, 0.5) is 0 Å². The van der Waals surface area contributed by atoms with Crippen LogP contribution >= 0.6 is 0 Å². The fourth-order valence-electron chi connectivity index (χ4n) is 3.05. The van der Waals surface area contributed by atoms with Crippen LogP contribution < -0.4 is 0 Å². The van der Waals surface area contributed by atoms with E-state index in [-0.39, 0.29) is 11.8 Å². The Bertz CT molecular complexity index is 601. The standard InChI is InChI=1S/C17H18N2O2/c20-17(21)16-12-19(10-13-4-2-1-3-5-13)11-15(16)14-6-8-18-9-7-14/h1-9,15-16H,10-12H2,(H,20,21). The highest BCUT2D eigenvalue weighted by Crippen LogP contribution is 2.33. The summed E-state index contributed by atoms with van der Waals surface area (Å²) < 4.78 is 0. The van der Waals surface area contributed by atoms with Gasteiger partial charge in [0.05, 0.1) is 5.92 Å². The summed E-state index contributed by atoms with van der Waals surface area (Å²) in [6.07, 6.45) is 3.46. The Balaban J connectivity index is 1.77. The Morgan fingerprint density at radius 1 is 1.14 bits per heavy atom. The van der Waals surface area contributed by atoms with Crippen molar-refractivity contribution in [1.29, 1.82) is 0 Å². The molecule has 2 heterocycles. The number of nitrogens with zero attached hydrogens (tertiary/aromatic N) is 2. The lowest BCUT2D eigenvalue weighted by Crippen LogP contribution is -2.23. The summed E-state index contributed by atoms with van der Waals surface area (Å²) >= 11 is 0. The molecule has 2 atom stereocenters. The molecule has 0 bridgehead atoms. The first-order valence-corrected chi connectivity index (χ1v) is 7.13. The van der Waals surface area contributed by atoms with Gasteiger partial charge in [0.25, 0.3) is 0 Å². The molecule has 0 spiro atoms. The van der Waals surface area contributed by atoms with E-state index in [9.17, 15) is 9.90 Å². The second kappa shape index (κ2) is 6.06. The van der Waals surface area contributed by atoms with Gasteiger partial charge < -0.3 is 5.11 Å². The lowest BCUT2D eigenvalue weighted by Gasteiger charge is -2.16. The topological polar surface area (TPSA) is 53.4 Å². The minimum Gasteiger partial charge on any atom is -0.481 e. The average molecular weight is 282 g/mol. The highest BCUT2D eigenvalue weighted by Gasteiger charge is 2.38. The normalized spacial score (nSPS) is 22.3. The van der Waals surface area contributed by atoms with E-state index in [1.807, 2.05) is 30.3 Å². The molecule has 1 aliphatic rings. The number of carboxylic acids is 1. The number of carbonyl (C=O) groups is 1. The highest BCUT2D eigenvalue weighted by molar-refractivity contribution is 5.72. The van der Waals surface area contributed by atoms with E-state index < -0.39 is 5.97 Å². The number of rotatable bonds is 4. The molecule has 2 aromatic rings. The van der Waals surface area contributed by atoms with Gasteiger partial charge in [-0.15, -0.1) is 0 Å². The Labute approximate surface area is 124 Å². The molecule has 0 saturated carbocycles. The van der Waals surface area contributed by atoms with E-state index in [1.165, 1.54) is 5.56 Å². The van der Waals surface area contributed by atoms with Gasteiger partial charge >= 0.3 is 5.97 Å². The minimum absolute atomic E-state index is 0.0363. The summed E-state index contributed by atoms with van der Waals surface area (Å²) in [5.74, 6) is -1.03. The van der Waals surface area contributed by atoms with Crippen molar-refractivity contribution in [3.8, 4) is 0 Å². The van der Waals surface area contributed by atoms with Crippen molar-refractivity contribution >= 4 is 5.97 Å². The van der Waals surface area contributed by atoms with E-state index in [0.29, 0.717) is 6.54 Å². The van der Waals surface area contributed by atoms with Crippen molar-refractivity contribution in [2.75, 3.05) is 13.1 Å². The average Bonchev–Trinajstić information content (AvgIpc) is 2.93. The Morgan fingerprint density at radius 2 is 1.86 bits per heavy atom. The largest absolute Gasteiger partial charge is 0.481 e. The highest BCUT2D eigenvalue weighted by atomic mass is 16.4. The molecule has 1 N–H and O–H groups in total. The minimum atomic E-state index is -0.715. The van der Waals surface area contributed by atoms with Gasteiger partial charge in [0.2, 0.25) is 0 Å². The molecule has 2 unspecified atom stereocenters. The monoisotopic (exact) mass is 282 g/mol. The van der Waals surface area contributed by atoms with Crippen LogP contribution in [0, 0.1) is 5.92 Å². The zero-order valence-electron chi connectivity index (χ0n) is 11.7. The molecule has 108 valence electrons. The van der Waals surface area contributed by atoms with Crippen molar-refractivity contribution in [2.24, 2.45) is 5.92 Å². The van der Waals surface area contributed by atoms with Gasteiger partial charge in [0, 0.05) is 37.9 Å². The number of hydrogen-bond donors (Lipinski definition) is 1.